The number of likely N-dealkylation sites (tertiary alicyclic amines) is 1. The van der Waals surface area contributed by atoms with E-state index in [0.717, 1.165) is 11.5 Å². The first-order chi connectivity index (χ1) is 11.9. The monoisotopic (exact) mass is 347 g/mol. The molecule has 1 aliphatic carbocycles. The number of amides is 2. The van der Waals surface area contributed by atoms with E-state index in [1.54, 1.807) is 0 Å². The van der Waals surface area contributed by atoms with E-state index in [4.69, 9.17) is 4.42 Å². The average molecular weight is 347 g/mol. The van der Waals surface area contributed by atoms with E-state index >= 15 is 0 Å². The second-order valence-electron chi connectivity index (χ2n) is 7.51. The van der Waals surface area contributed by atoms with E-state index in [9.17, 15) is 9.59 Å². The maximum Gasteiger partial charge on any atom is 0.236 e. The number of carbonyl (C=O) groups excluding carboxylic acids is 2. The van der Waals surface area contributed by atoms with Crippen LogP contribution in [0.5, 0.6) is 0 Å². The van der Waals surface area contributed by atoms with Crippen LogP contribution in [0.15, 0.2) is 16.5 Å². The predicted octanol–water partition coefficient (Wildman–Crippen LogP) is 1.89. The van der Waals surface area contributed by atoms with Gasteiger partial charge in [-0.15, -0.1) is 0 Å². The minimum atomic E-state index is -0.0937. The number of hydrogen-bond acceptors (Lipinski definition) is 4. The molecule has 1 saturated carbocycles. The molecule has 0 aromatic carbocycles. The van der Waals surface area contributed by atoms with Gasteiger partial charge >= 0.3 is 0 Å². The molecule has 0 spiro atoms. The highest BCUT2D eigenvalue weighted by atomic mass is 16.3. The van der Waals surface area contributed by atoms with E-state index in [2.05, 4.69) is 10.2 Å². The summed E-state index contributed by atoms with van der Waals surface area (Å²) >= 11 is 0. The van der Waals surface area contributed by atoms with Crippen LogP contribution >= 0.6 is 0 Å². The van der Waals surface area contributed by atoms with Crippen LogP contribution in [-0.2, 0) is 9.59 Å². The molecule has 2 heterocycles. The molecule has 2 amide bonds. The molecule has 2 aliphatic rings. The Balaban J connectivity index is 1.65. The van der Waals surface area contributed by atoms with E-state index in [1.165, 1.54) is 32.6 Å². The predicted molar refractivity (Wildman–Crippen MR) is 95.3 cm³/mol. The van der Waals surface area contributed by atoms with Gasteiger partial charge in [0.2, 0.25) is 11.8 Å². The highest BCUT2D eigenvalue weighted by Gasteiger charge is 2.38. The molecule has 3 rings (SSSR count). The summed E-state index contributed by atoms with van der Waals surface area (Å²) in [5.74, 6) is 1.77. The van der Waals surface area contributed by atoms with E-state index in [1.807, 2.05) is 31.0 Å². The zero-order chi connectivity index (χ0) is 18.0. The molecule has 0 unspecified atom stereocenters. The van der Waals surface area contributed by atoms with Gasteiger partial charge in [0.1, 0.15) is 11.5 Å². The third-order valence-electron chi connectivity index (χ3n) is 5.52. The maximum absolute atomic E-state index is 12.8. The number of furan rings is 1. The van der Waals surface area contributed by atoms with E-state index in [-0.39, 0.29) is 23.8 Å². The lowest BCUT2D eigenvalue weighted by Gasteiger charge is -2.26. The van der Waals surface area contributed by atoms with Gasteiger partial charge in [0, 0.05) is 26.1 Å². The van der Waals surface area contributed by atoms with Gasteiger partial charge in [-0.05, 0) is 38.9 Å². The maximum atomic E-state index is 12.8. The van der Waals surface area contributed by atoms with Crippen LogP contribution in [0.1, 0.15) is 50.0 Å². The molecule has 1 N–H and O–H groups in total. The molecule has 2 atom stereocenters. The second-order valence-corrected chi connectivity index (χ2v) is 7.51. The van der Waals surface area contributed by atoms with Crippen LogP contribution in [0.25, 0.3) is 0 Å². The summed E-state index contributed by atoms with van der Waals surface area (Å²) in [7, 11) is 2.04. The number of aryl methyl sites for hydroxylation is 1. The van der Waals surface area contributed by atoms with Crippen LogP contribution in [0.3, 0.4) is 0 Å². The highest BCUT2D eigenvalue weighted by Crippen LogP contribution is 2.30. The van der Waals surface area contributed by atoms with Gasteiger partial charge in [0.05, 0.1) is 18.5 Å². The highest BCUT2D eigenvalue weighted by molar-refractivity contribution is 5.79. The van der Waals surface area contributed by atoms with Crippen molar-refractivity contribution < 1.29 is 14.0 Å². The Hall–Kier alpha value is -1.82. The van der Waals surface area contributed by atoms with Gasteiger partial charge in [-0.3, -0.25) is 14.5 Å². The number of rotatable bonds is 5. The van der Waals surface area contributed by atoms with Crippen molar-refractivity contribution in [3.63, 3.8) is 0 Å². The van der Waals surface area contributed by atoms with Crippen LogP contribution in [0, 0.1) is 6.92 Å². The smallest absolute Gasteiger partial charge is 0.236 e. The number of nitrogens with one attached hydrogen (secondary N) is 1. The first-order valence-corrected chi connectivity index (χ1v) is 9.25. The number of likely N-dealkylation sites (N-methyl/N-ethyl adjacent to an activating group) is 1. The Labute approximate surface area is 149 Å². The van der Waals surface area contributed by atoms with Crippen molar-refractivity contribution in [1.82, 2.24) is 15.1 Å². The summed E-state index contributed by atoms with van der Waals surface area (Å²) in [4.78, 5) is 28.4. The van der Waals surface area contributed by atoms with E-state index in [0.29, 0.717) is 25.7 Å². The minimum Gasteiger partial charge on any atom is -0.466 e. The van der Waals surface area contributed by atoms with Gasteiger partial charge in [-0.2, -0.15) is 0 Å². The van der Waals surface area contributed by atoms with Crippen molar-refractivity contribution in [3.8, 4) is 0 Å². The normalized spacial score (nSPS) is 24.2. The number of carbonyl (C=O) groups is 2. The largest absolute Gasteiger partial charge is 0.466 e. The summed E-state index contributed by atoms with van der Waals surface area (Å²) in [6.45, 7) is 5.01. The molecule has 0 bridgehead atoms. The lowest BCUT2D eigenvalue weighted by molar-refractivity contribution is -0.132. The quantitative estimate of drug-likeness (QED) is 0.883. The van der Waals surface area contributed by atoms with Crippen molar-refractivity contribution in [1.29, 1.82) is 0 Å². The first-order valence-electron chi connectivity index (χ1n) is 9.25. The second kappa shape index (κ2) is 7.60. The summed E-state index contributed by atoms with van der Waals surface area (Å²) in [5.41, 5.74) is 0. The third kappa shape index (κ3) is 4.24. The fourth-order valence-electron chi connectivity index (χ4n) is 4.14. The zero-order valence-corrected chi connectivity index (χ0v) is 15.5. The van der Waals surface area contributed by atoms with Crippen LogP contribution in [0.2, 0.25) is 0 Å². The minimum absolute atomic E-state index is 0.0123. The van der Waals surface area contributed by atoms with Crippen LogP contribution < -0.4 is 5.32 Å². The Morgan fingerprint density at radius 1 is 1.28 bits per heavy atom. The molecule has 1 aliphatic heterocycles. The fraction of sp³-hybridized carbons (Fsp3) is 0.684. The van der Waals surface area contributed by atoms with Crippen LogP contribution in [-0.4, -0.2) is 60.4 Å². The molecule has 2 fully saturated rings. The van der Waals surface area contributed by atoms with Gasteiger partial charge in [0.25, 0.3) is 0 Å². The van der Waals surface area contributed by atoms with Crippen LogP contribution in [0.4, 0.5) is 0 Å². The van der Waals surface area contributed by atoms with Gasteiger partial charge < -0.3 is 14.6 Å². The summed E-state index contributed by atoms with van der Waals surface area (Å²) in [6, 6.07) is 4.32. The molecule has 6 nitrogen and oxygen atoms in total. The summed E-state index contributed by atoms with van der Waals surface area (Å²) in [5, 5.41) is 2.99. The lowest BCUT2D eigenvalue weighted by Crippen LogP contribution is -2.43. The van der Waals surface area contributed by atoms with Gasteiger partial charge in [-0.1, -0.05) is 12.8 Å². The van der Waals surface area contributed by atoms with Gasteiger partial charge in [0.15, 0.2) is 0 Å². The van der Waals surface area contributed by atoms with Gasteiger partial charge in [-0.25, -0.2) is 0 Å². The molecule has 138 valence electrons. The fourth-order valence-corrected chi connectivity index (χ4v) is 4.14. The summed E-state index contributed by atoms with van der Waals surface area (Å²) < 4.78 is 5.77. The molecule has 6 heteroatoms. The van der Waals surface area contributed by atoms with Crippen molar-refractivity contribution in [3.05, 3.63) is 23.7 Å². The summed E-state index contributed by atoms with van der Waals surface area (Å²) in [6.07, 6.45) is 4.90. The van der Waals surface area contributed by atoms with Crippen molar-refractivity contribution >= 4 is 11.8 Å². The SMILES string of the molecule is CC(=O)N[C@H]1CN(C(=O)CN(C)C2CCCC2)C[C@@H]1c1ccc(C)o1. The zero-order valence-electron chi connectivity index (χ0n) is 15.5. The number of hydrogen-bond donors (Lipinski definition) is 1. The lowest BCUT2D eigenvalue weighted by atomic mass is 10.0. The number of nitrogens with zero attached hydrogens (tertiary/aromatic N) is 2. The molecule has 1 aromatic heterocycles. The Morgan fingerprint density at radius 3 is 2.60 bits per heavy atom. The molecule has 1 aromatic rings. The Bertz CT molecular complexity index is 621. The topological polar surface area (TPSA) is 65.8 Å². The van der Waals surface area contributed by atoms with E-state index < -0.39 is 0 Å². The van der Waals surface area contributed by atoms with Crippen molar-refractivity contribution in [2.45, 2.75) is 57.5 Å². The molecule has 0 radical (unpaired) electrons. The Kier molecular flexibility index (Phi) is 5.47. The molecule has 25 heavy (non-hydrogen) atoms. The molecule has 1 saturated heterocycles. The third-order valence-corrected chi connectivity index (χ3v) is 5.52. The average Bonchev–Trinajstić information content (AvgIpc) is 3.26. The van der Waals surface area contributed by atoms with Crippen molar-refractivity contribution in [2.24, 2.45) is 0 Å². The van der Waals surface area contributed by atoms with Crippen molar-refractivity contribution in [2.75, 3.05) is 26.7 Å². The standard InChI is InChI=1S/C19H29N3O3/c1-13-8-9-18(25-13)16-10-22(11-17(16)20-14(2)23)19(24)12-21(3)15-6-4-5-7-15/h8-9,15-17H,4-7,10-12H2,1-3H3,(H,20,23)/t16-,17-/m0/s1. The molecular weight excluding hydrogens is 318 g/mol. The first kappa shape index (κ1) is 18.0. The molecular formula is C19H29N3O3. The Morgan fingerprint density at radius 2 is 2.00 bits per heavy atom.